The van der Waals surface area contributed by atoms with Crippen molar-refractivity contribution in [3.63, 3.8) is 0 Å². The minimum atomic E-state index is -4.71. The summed E-state index contributed by atoms with van der Waals surface area (Å²) in [6.45, 7) is 1.06. The van der Waals surface area contributed by atoms with Gasteiger partial charge in [0.25, 0.3) is 15.9 Å². The summed E-state index contributed by atoms with van der Waals surface area (Å²) in [7, 11) is -3.67. The number of hydrogen-bond donors (Lipinski definition) is 0. The van der Waals surface area contributed by atoms with E-state index in [2.05, 4.69) is 4.74 Å². The lowest BCUT2D eigenvalue weighted by Gasteiger charge is -2.39. The van der Waals surface area contributed by atoms with Gasteiger partial charge in [0.05, 0.1) is 13.7 Å². The van der Waals surface area contributed by atoms with Crippen molar-refractivity contribution in [2.75, 3.05) is 24.8 Å². The second-order valence-corrected chi connectivity index (χ2v) is 10.4. The summed E-state index contributed by atoms with van der Waals surface area (Å²) in [5.41, 5.74) is -1.56. The molecule has 1 amide bonds. The number of aromatic nitrogens is 1. The van der Waals surface area contributed by atoms with Crippen LogP contribution < -0.4 is 14.6 Å². The van der Waals surface area contributed by atoms with Gasteiger partial charge < -0.3 is 14.4 Å². The van der Waals surface area contributed by atoms with Crippen LogP contribution >= 0.6 is 0 Å². The van der Waals surface area contributed by atoms with Crippen molar-refractivity contribution in [3.05, 3.63) is 93.4 Å². The van der Waals surface area contributed by atoms with Crippen LogP contribution in [0.25, 0.3) is 0 Å². The van der Waals surface area contributed by atoms with Crippen LogP contribution in [0.3, 0.4) is 0 Å². The largest absolute Gasteiger partial charge is 0.487 e. The Hall–Kier alpha value is -4.26. The molecule has 0 aliphatic carbocycles. The van der Waals surface area contributed by atoms with E-state index in [0.717, 1.165) is 35.0 Å². The zero-order valence-electron chi connectivity index (χ0n) is 21.1. The van der Waals surface area contributed by atoms with Gasteiger partial charge in [-0.2, -0.15) is 12.8 Å². The van der Waals surface area contributed by atoms with Gasteiger partial charge in [-0.15, -0.1) is 0 Å². The SMILES string of the molecule is CCCCOc1c2n(cc(C(=O)OC)c1=O)N(S(=O)(=O)c1ccccc1F)CN(Cc1ccc(F)cc1)C2=O. The first-order valence-electron chi connectivity index (χ1n) is 11.9. The maximum Gasteiger partial charge on any atom is 0.343 e. The number of methoxy groups -OCH3 is 1. The highest BCUT2D eigenvalue weighted by molar-refractivity contribution is 7.92. The fraction of sp³-hybridized carbons (Fsp3) is 0.269. The van der Waals surface area contributed by atoms with Crippen molar-refractivity contribution in [2.45, 2.75) is 31.2 Å². The van der Waals surface area contributed by atoms with Gasteiger partial charge in [0.2, 0.25) is 5.43 Å². The second kappa shape index (κ2) is 11.2. The minimum absolute atomic E-state index is 0.00529. The molecule has 0 saturated carbocycles. The first-order chi connectivity index (χ1) is 18.6. The van der Waals surface area contributed by atoms with Gasteiger partial charge in [0.1, 0.15) is 28.8 Å². The summed E-state index contributed by atoms with van der Waals surface area (Å²) < 4.78 is 67.5. The molecule has 2 aromatic carbocycles. The predicted molar refractivity (Wildman–Crippen MR) is 135 cm³/mol. The molecule has 0 bridgehead atoms. The Morgan fingerprint density at radius 3 is 2.38 bits per heavy atom. The van der Waals surface area contributed by atoms with E-state index in [0.29, 0.717) is 22.8 Å². The second-order valence-electron chi connectivity index (χ2n) is 8.62. The normalized spacial score (nSPS) is 13.3. The molecule has 0 radical (unpaired) electrons. The Kier molecular flexibility index (Phi) is 8.00. The van der Waals surface area contributed by atoms with E-state index in [1.165, 1.54) is 36.4 Å². The van der Waals surface area contributed by atoms with Gasteiger partial charge in [0.15, 0.2) is 11.4 Å². The van der Waals surface area contributed by atoms with Crippen molar-refractivity contribution in [2.24, 2.45) is 0 Å². The van der Waals surface area contributed by atoms with Crippen LogP contribution in [-0.4, -0.2) is 50.3 Å². The predicted octanol–water partition coefficient (Wildman–Crippen LogP) is 3.03. The van der Waals surface area contributed by atoms with E-state index in [4.69, 9.17) is 4.74 Å². The van der Waals surface area contributed by atoms with E-state index in [1.807, 2.05) is 6.92 Å². The summed E-state index contributed by atoms with van der Waals surface area (Å²) >= 11 is 0. The molecule has 3 aromatic rings. The van der Waals surface area contributed by atoms with Crippen LogP contribution in [0.1, 0.15) is 46.2 Å². The number of unbranched alkanes of at least 4 members (excludes halogenated alkanes) is 1. The average molecular weight is 562 g/mol. The summed E-state index contributed by atoms with van der Waals surface area (Å²) in [6, 6.07) is 9.84. The van der Waals surface area contributed by atoms with Crippen molar-refractivity contribution in [1.29, 1.82) is 0 Å². The van der Waals surface area contributed by atoms with Crippen LogP contribution in [0.2, 0.25) is 0 Å². The Morgan fingerprint density at radius 2 is 1.74 bits per heavy atom. The molecule has 0 N–H and O–H groups in total. The number of esters is 1. The highest BCUT2D eigenvalue weighted by Crippen LogP contribution is 2.28. The zero-order valence-corrected chi connectivity index (χ0v) is 21.9. The van der Waals surface area contributed by atoms with E-state index in [9.17, 15) is 31.6 Å². The van der Waals surface area contributed by atoms with Gasteiger partial charge in [0, 0.05) is 12.7 Å². The van der Waals surface area contributed by atoms with E-state index in [-0.39, 0.29) is 13.2 Å². The third kappa shape index (κ3) is 5.35. The fourth-order valence-electron chi connectivity index (χ4n) is 3.98. The zero-order chi connectivity index (χ0) is 28.3. The molecule has 2 heterocycles. The monoisotopic (exact) mass is 561 g/mol. The van der Waals surface area contributed by atoms with Crippen molar-refractivity contribution in [1.82, 2.24) is 9.58 Å². The molecular formula is C26H25F2N3O7S. The third-order valence-electron chi connectivity index (χ3n) is 6.00. The Labute approximate surface area is 223 Å². The quantitative estimate of drug-likeness (QED) is 0.291. The van der Waals surface area contributed by atoms with E-state index in [1.54, 1.807) is 0 Å². The van der Waals surface area contributed by atoms with Gasteiger partial charge in [-0.05, 0) is 36.2 Å². The first-order valence-corrected chi connectivity index (χ1v) is 13.4. The summed E-state index contributed by atoms with van der Waals surface area (Å²) in [4.78, 5) is 39.9. The number of nitrogens with zero attached hydrogens (tertiary/aromatic N) is 3. The average Bonchev–Trinajstić information content (AvgIpc) is 2.92. The number of hydrogen-bond acceptors (Lipinski definition) is 7. The highest BCUT2D eigenvalue weighted by Gasteiger charge is 2.41. The van der Waals surface area contributed by atoms with E-state index < -0.39 is 67.5 Å². The van der Waals surface area contributed by atoms with Crippen LogP contribution in [0, 0.1) is 11.6 Å². The molecule has 0 unspecified atom stereocenters. The third-order valence-corrected chi connectivity index (χ3v) is 7.73. The van der Waals surface area contributed by atoms with Gasteiger partial charge >= 0.3 is 5.97 Å². The lowest BCUT2D eigenvalue weighted by Crippen LogP contribution is -2.56. The highest BCUT2D eigenvalue weighted by atomic mass is 32.2. The van der Waals surface area contributed by atoms with Crippen LogP contribution in [0.4, 0.5) is 8.78 Å². The lowest BCUT2D eigenvalue weighted by molar-refractivity contribution is 0.0591. The molecule has 1 aliphatic rings. The number of amides is 1. The number of sulfonamides is 1. The number of halogens is 2. The molecule has 0 atom stereocenters. The fourth-order valence-corrected chi connectivity index (χ4v) is 5.42. The molecule has 0 spiro atoms. The molecular weight excluding hydrogens is 536 g/mol. The number of rotatable bonds is 9. The smallest absolute Gasteiger partial charge is 0.343 e. The van der Waals surface area contributed by atoms with Gasteiger partial charge in [-0.3, -0.25) is 9.59 Å². The lowest BCUT2D eigenvalue weighted by atomic mass is 10.1. The first kappa shape index (κ1) is 27.8. The van der Waals surface area contributed by atoms with Crippen molar-refractivity contribution >= 4 is 21.9 Å². The molecule has 206 valence electrons. The summed E-state index contributed by atoms with van der Waals surface area (Å²) in [5.74, 6) is -3.98. The molecule has 4 rings (SSSR count). The molecule has 10 nitrogen and oxygen atoms in total. The Balaban J connectivity index is 1.96. The standard InChI is InChI=1S/C26H25F2N3O7S/c1-3-4-13-38-24-22-25(33)29(14-17-9-11-18(27)12-10-17)16-31(30(22)15-19(23(24)32)26(34)37-2)39(35,36)21-8-6-5-7-20(21)28/h5-12,15H,3-4,13-14,16H2,1-2H3. The maximum atomic E-state index is 14.7. The molecule has 39 heavy (non-hydrogen) atoms. The van der Waals surface area contributed by atoms with Crippen LogP contribution in [-0.2, 0) is 21.3 Å². The molecule has 0 saturated heterocycles. The molecule has 13 heteroatoms. The topological polar surface area (TPSA) is 115 Å². The van der Waals surface area contributed by atoms with Gasteiger partial charge in [-0.25, -0.2) is 18.3 Å². The molecule has 0 fully saturated rings. The minimum Gasteiger partial charge on any atom is -0.487 e. The van der Waals surface area contributed by atoms with E-state index >= 15 is 0 Å². The Bertz CT molecular complexity index is 1570. The molecule has 1 aliphatic heterocycles. The number of pyridine rings is 1. The van der Waals surface area contributed by atoms with Crippen LogP contribution in [0.15, 0.2) is 64.4 Å². The summed E-state index contributed by atoms with van der Waals surface area (Å²) in [5, 5.41) is 0. The number of fused-ring (bicyclic) bond motifs is 1. The summed E-state index contributed by atoms with van der Waals surface area (Å²) in [6.07, 6.45) is 2.03. The number of carbonyl (C=O) groups is 2. The van der Waals surface area contributed by atoms with Gasteiger partial charge in [-0.1, -0.05) is 37.6 Å². The van der Waals surface area contributed by atoms with Crippen molar-refractivity contribution in [3.8, 4) is 5.75 Å². The Morgan fingerprint density at radius 1 is 1.05 bits per heavy atom. The van der Waals surface area contributed by atoms with Crippen molar-refractivity contribution < 1.29 is 36.3 Å². The van der Waals surface area contributed by atoms with Crippen LogP contribution in [0.5, 0.6) is 5.75 Å². The number of benzene rings is 2. The molecule has 1 aromatic heterocycles. The maximum absolute atomic E-state index is 14.7. The number of ether oxygens (including phenoxy) is 2. The number of carbonyl (C=O) groups excluding carboxylic acids is 2.